The zero-order chi connectivity index (χ0) is 21.3. The lowest BCUT2D eigenvalue weighted by atomic mass is 9.97. The average Bonchev–Trinajstić information content (AvgIpc) is 3.16. The highest BCUT2D eigenvalue weighted by molar-refractivity contribution is 5.80. The molecule has 6 heteroatoms. The van der Waals surface area contributed by atoms with Crippen LogP contribution in [0.4, 0.5) is 4.39 Å². The summed E-state index contributed by atoms with van der Waals surface area (Å²) in [4.78, 5) is 15.8. The van der Waals surface area contributed by atoms with Gasteiger partial charge in [-0.15, -0.1) is 0 Å². The standard InChI is InChI=1S/C24H22FN3O2/c1-15(10-24(26)29)16-6-8-22-21(12-16)27-14-28(22)19-5-3-4-17(11-19)20-13-18(25)7-9-23(20)30-2/h3-9,11-15H,10H2,1-2H3,(H2,26,29). The van der Waals surface area contributed by atoms with Gasteiger partial charge < -0.3 is 10.5 Å². The molecule has 2 N–H and O–H groups in total. The predicted molar refractivity (Wildman–Crippen MR) is 115 cm³/mol. The maximum absolute atomic E-state index is 13.8. The molecule has 30 heavy (non-hydrogen) atoms. The van der Waals surface area contributed by atoms with Crippen LogP contribution in [0.25, 0.3) is 27.8 Å². The number of methoxy groups -OCH3 is 1. The monoisotopic (exact) mass is 403 g/mol. The Bertz CT molecular complexity index is 1230. The molecule has 3 aromatic carbocycles. The summed E-state index contributed by atoms with van der Waals surface area (Å²) in [5.41, 5.74) is 10.5. The van der Waals surface area contributed by atoms with Crippen molar-refractivity contribution in [2.45, 2.75) is 19.3 Å². The lowest BCUT2D eigenvalue weighted by Crippen LogP contribution is -2.13. The molecule has 1 amide bonds. The van der Waals surface area contributed by atoms with Gasteiger partial charge in [0.1, 0.15) is 17.9 Å². The largest absolute Gasteiger partial charge is 0.496 e. The van der Waals surface area contributed by atoms with E-state index in [1.54, 1.807) is 19.5 Å². The summed E-state index contributed by atoms with van der Waals surface area (Å²) in [6.45, 7) is 1.97. The molecule has 0 radical (unpaired) electrons. The smallest absolute Gasteiger partial charge is 0.218 e. The summed E-state index contributed by atoms with van der Waals surface area (Å²) in [6.07, 6.45) is 2.05. The molecule has 4 rings (SSSR count). The number of ether oxygens (including phenoxy) is 1. The summed E-state index contributed by atoms with van der Waals surface area (Å²) in [6, 6.07) is 18.2. The van der Waals surface area contributed by atoms with Crippen LogP contribution in [0.3, 0.4) is 0 Å². The Labute approximate surface area is 173 Å². The number of amides is 1. The minimum atomic E-state index is -0.322. The summed E-state index contributed by atoms with van der Waals surface area (Å²) >= 11 is 0. The maximum atomic E-state index is 13.8. The fourth-order valence-electron chi connectivity index (χ4n) is 3.69. The number of aromatic nitrogens is 2. The number of carbonyl (C=O) groups is 1. The minimum absolute atomic E-state index is 0.0285. The quantitative estimate of drug-likeness (QED) is 0.502. The number of nitrogens with two attached hydrogens (primary N) is 1. The van der Waals surface area contributed by atoms with Gasteiger partial charge in [0.05, 0.1) is 18.1 Å². The number of fused-ring (bicyclic) bond motifs is 1. The number of carbonyl (C=O) groups excluding carboxylic acids is 1. The molecule has 0 bridgehead atoms. The second-order valence-corrected chi connectivity index (χ2v) is 7.33. The Morgan fingerprint density at radius 2 is 2.00 bits per heavy atom. The van der Waals surface area contributed by atoms with Crippen LogP contribution < -0.4 is 10.5 Å². The molecule has 0 aliphatic carbocycles. The van der Waals surface area contributed by atoms with Gasteiger partial charge >= 0.3 is 0 Å². The molecule has 1 unspecified atom stereocenters. The van der Waals surface area contributed by atoms with Crippen molar-refractivity contribution in [1.82, 2.24) is 9.55 Å². The van der Waals surface area contributed by atoms with Crippen LogP contribution in [0.1, 0.15) is 24.8 Å². The van der Waals surface area contributed by atoms with E-state index in [4.69, 9.17) is 10.5 Å². The summed E-state index contributed by atoms with van der Waals surface area (Å²) in [7, 11) is 1.57. The summed E-state index contributed by atoms with van der Waals surface area (Å²) < 4.78 is 21.2. The molecular weight excluding hydrogens is 381 g/mol. The van der Waals surface area contributed by atoms with Gasteiger partial charge in [-0.25, -0.2) is 9.37 Å². The molecule has 5 nitrogen and oxygen atoms in total. The van der Waals surface area contributed by atoms with Gasteiger partial charge in [-0.05, 0) is 59.5 Å². The van der Waals surface area contributed by atoms with Gasteiger partial charge in [0.25, 0.3) is 0 Å². The number of hydrogen-bond acceptors (Lipinski definition) is 3. The van der Waals surface area contributed by atoms with Crippen molar-refractivity contribution in [2.24, 2.45) is 5.73 Å². The lowest BCUT2D eigenvalue weighted by molar-refractivity contribution is -0.118. The number of imidazole rings is 1. The Morgan fingerprint density at radius 3 is 2.77 bits per heavy atom. The van der Waals surface area contributed by atoms with E-state index in [2.05, 4.69) is 4.98 Å². The van der Waals surface area contributed by atoms with E-state index < -0.39 is 0 Å². The Balaban J connectivity index is 1.74. The zero-order valence-corrected chi connectivity index (χ0v) is 16.8. The molecule has 1 atom stereocenters. The third kappa shape index (κ3) is 3.76. The fourth-order valence-corrected chi connectivity index (χ4v) is 3.69. The van der Waals surface area contributed by atoms with Gasteiger partial charge in [0, 0.05) is 17.7 Å². The van der Waals surface area contributed by atoms with Gasteiger partial charge in [0.2, 0.25) is 5.91 Å². The van der Waals surface area contributed by atoms with E-state index in [-0.39, 0.29) is 17.6 Å². The second-order valence-electron chi connectivity index (χ2n) is 7.33. The van der Waals surface area contributed by atoms with Crippen molar-refractivity contribution in [2.75, 3.05) is 7.11 Å². The van der Waals surface area contributed by atoms with Crippen LogP contribution in [-0.4, -0.2) is 22.6 Å². The Hall–Kier alpha value is -3.67. The van der Waals surface area contributed by atoms with Gasteiger partial charge in [-0.1, -0.05) is 25.1 Å². The van der Waals surface area contributed by atoms with E-state index in [1.165, 1.54) is 12.1 Å². The number of primary amides is 1. The average molecular weight is 403 g/mol. The first-order valence-corrected chi connectivity index (χ1v) is 9.66. The first kappa shape index (κ1) is 19.6. The van der Waals surface area contributed by atoms with E-state index >= 15 is 0 Å². The number of nitrogens with zero attached hydrogens (tertiary/aromatic N) is 2. The highest BCUT2D eigenvalue weighted by atomic mass is 19.1. The molecule has 0 fully saturated rings. The van der Waals surface area contributed by atoms with E-state index in [0.717, 1.165) is 27.8 Å². The molecule has 0 saturated carbocycles. The lowest BCUT2D eigenvalue weighted by Gasteiger charge is -2.12. The number of rotatable bonds is 6. The van der Waals surface area contributed by atoms with Crippen molar-refractivity contribution in [3.05, 3.63) is 78.4 Å². The third-order valence-electron chi connectivity index (χ3n) is 5.24. The van der Waals surface area contributed by atoms with Crippen molar-refractivity contribution >= 4 is 16.9 Å². The first-order valence-electron chi connectivity index (χ1n) is 9.66. The van der Waals surface area contributed by atoms with Gasteiger partial charge in [-0.2, -0.15) is 0 Å². The molecule has 4 aromatic rings. The van der Waals surface area contributed by atoms with Crippen LogP contribution in [-0.2, 0) is 4.79 Å². The number of halogens is 1. The Kier molecular flexibility index (Phi) is 5.23. The first-order chi connectivity index (χ1) is 14.5. The van der Waals surface area contributed by atoms with Crippen molar-refractivity contribution in [3.8, 4) is 22.6 Å². The minimum Gasteiger partial charge on any atom is -0.496 e. The van der Waals surface area contributed by atoms with Crippen LogP contribution in [0, 0.1) is 5.82 Å². The molecule has 1 aromatic heterocycles. The molecule has 0 saturated heterocycles. The van der Waals surface area contributed by atoms with E-state index in [9.17, 15) is 9.18 Å². The van der Waals surface area contributed by atoms with Crippen LogP contribution in [0.15, 0.2) is 67.0 Å². The maximum Gasteiger partial charge on any atom is 0.218 e. The van der Waals surface area contributed by atoms with E-state index in [1.807, 2.05) is 54.0 Å². The summed E-state index contributed by atoms with van der Waals surface area (Å²) in [5, 5.41) is 0. The van der Waals surface area contributed by atoms with E-state index in [0.29, 0.717) is 17.7 Å². The van der Waals surface area contributed by atoms with Crippen molar-refractivity contribution < 1.29 is 13.9 Å². The zero-order valence-electron chi connectivity index (χ0n) is 16.8. The second kappa shape index (κ2) is 7.99. The van der Waals surface area contributed by atoms with Crippen molar-refractivity contribution in [3.63, 3.8) is 0 Å². The molecule has 0 aliphatic rings. The third-order valence-corrected chi connectivity index (χ3v) is 5.24. The van der Waals surface area contributed by atoms with Crippen LogP contribution in [0.2, 0.25) is 0 Å². The normalized spacial score (nSPS) is 12.1. The molecule has 0 aliphatic heterocycles. The fraction of sp³-hybridized carbons (Fsp3) is 0.167. The molecule has 1 heterocycles. The summed E-state index contributed by atoms with van der Waals surface area (Å²) in [5.74, 6) is -0.00227. The highest BCUT2D eigenvalue weighted by Crippen LogP contribution is 2.32. The van der Waals surface area contributed by atoms with Crippen molar-refractivity contribution in [1.29, 1.82) is 0 Å². The molecule has 0 spiro atoms. The number of benzene rings is 3. The molecule has 152 valence electrons. The SMILES string of the molecule is COc1ccc(F)cc1-c1cccc(-n2cnc3cc(C(C)CC(N)=O)ccc32)c1. The molecular formula is C24H22FN3O2. The predicted octanol–water partition coefficient (Wildman–Crippen LogP) is 4.82. The van der Waals surface area contributed by atoms with Crippen LogP contribution >= 0.6 is 0 Å². The van der Waals surface area contributed by atoms with Crippen LogP contribution in [0.5, 0.6) is 5.75 Å². The van der Waals surface area contributed by atoms with Gasteiger partial charge in [0.15, 0.2) is 0 Å². The number of hydrogen-bond donors (Lipinski definition) is 1. The van der Waals surface area contributed by atoms with Gasteiger partial charge in [-0.3, -0.25) is 9.36 Å². The Morgan fingerprint density at radius 1 is 1.17 bits per heavy atom. The highest BCUT2D eigenvalue weighted by Gasteiger charge is 2.13. The topological polar surface area (TPSA) is 70.1 Å².